The van der Waals surface area contributed by atoms with Gasteiger partial charge in [0, 0.05) is 6.42 Å². The summed E-state index contributed by atoms with van der Waals surface area (Å²) in [6.45, 7) is 17.4. The average molecular weight is 578 g/mol. The fourth-order valence-electron chi connectivity index (χ4n) is 3.83. The molecule has 0 bridgehead atoms. The van der Waals surface area contributed by atoms with Crippen LogP contribution in [0.2, 0.25) is 18.1 Å². The number of carbonyl (C=O) groups is 3. The van der Waals surface area contributed by atoms with Crippen molar-refractivity contribution in [1.82, 2.24) is 4.90 Å². The minimum atomic E-state index is -2.10. The number of hydrogen-bond donors (Lipinski definition) is 0. The van der Waals surface area contributed by atoms with Crippen LogP contribution in [-0.4, -0.2) is 70.6 Å². The molecule has 12 heteroatoms. The van der Waals surface area contributed by atoms with E-state index in [0.29, 0.717) is 15.7 Å². The summed E-state index contributed by atoms with van der Waals surface area (Å²) < 4.78 is 29.5. The maximum Gasteiger partial charge on any atom is 0.359 e. The maximum atomic E-state index is 13.3. The van der Waals surface area contributed by atoms with Crippen LogP contribution >= 0.6 is 23.5 Å². The second-order valence-corrected chi connectivity index (χ2v) is 21.1. The number of thioether (sulfide) groups is 2. The number of esters is 2. The van der Waals surface area contributed by atoms with E-state index < -0.39 is 43.6 Å². The van der Waals surface area contributed by atoms with Crippen LogP contribution in [0.4, 0.5) is 0 Å². The van der Waals surface area contributed by atoms with Crippen LogP contribution in [0, 0.1) is 11.3 Å². The third kappa shape index (κ3) is 6.31. The van der Waals surface area contributed by atoms with Crippen LogP contribution in [-0.2, 0) is 39.5 Å². The smallest absolute Gasteiger partial charge is 0.359 e. The molecule has 0 aliphatic carbocycles. The predicted octanol–water partition coefficient (Wildman–Crippen LogP) is 4.44. The third-order valence-corrected chi connectivity index (χ3v) is 16.2. The highest BCUT2D eigenvalue weighted by atomic mass is 32.2. The Bertz CT molecular complexity index is 928. The number of fused-ring (bicyclic) bond motifs is 1. The van der Waals surface area contributed by atoms with Gasteiger partial charge in [0.1, 0.15) is 16.9 Å². The Morgan fingerprint density at radius 3 is 2.39 bits per heavy atom. The lowest BCUT2D eigenvalue weighted by Crippen LogP contribution is -2.62. The molecule has 2 saturated heterocycles. The van der Waals surface area contributed by atoms with Crippen LogP contribution in [0.15, 0.2) is 9.93 Å². The molecule has 204 valence electrons. The molecule has 0 aromatic rings. The number of amides is 1. The van der Waals surface area contributed by atoms with Crippen LogP contribution in [0.3, 0.4) is 0 Å². The topological polar surface area (TPSA) is 105 Å². The Labute approximate surface area is 227 Å². The molecule has 0 unspecified atom stereocenters. The Morgan fingerprint density at radius 2 is 1.86 bits per heavy atom. The minimum absolute atomic E-state index is 0.00734. The highest BCUT2D eigenvalue weighted by molar-refractivity contribution is 8.23. The largest absolute Gasteiger partial charge is 0.616 e. The Hall–Kier alpha value is -0.663. The van der Waals surface area contributed by atoms with Gasteiger partial charge < -0.3 is 18.5 Å². The van der Waals surface area contributed by atoms with Crippen molar-refractivity contribution in [2.45, 2.75) is 89.7 Å². The fraction of sp³-hybridized carbons (Fsp3) is 0.792. The molecule has 3 heterocycles. The second kappa shape index (κ2) is 10.8. The van der Waals surface area contributed by atoms with Crippen molar-refractivity contribution >= 4 is 60.9 Å². The molecule has 3 aliphatic rings. The SMILES string of the molecule is C[C@@H](O[Si](C)(C)C(C)(C)C)[C@H]1C(=O)N2C(C(=O)OCOC(=O)C(C)(C)C)=C(S[C@H]3CC[S@@+]([O-])C3)S[C@H]12. The van der Waals surface area contributed by atoms with E-state index in [0.717, 1.165) is 6.42 Å². The van der Waals surface area contributed by atoms with E-state index in [1.807, 2.05) is 6.92 Å². The molecule has 0 aromatic carbocycles. The van der Waals surface area contributed by atoms with Gasteiger partial charge in [0.25, 0.3) is 0 Å². The highest BCUT2D eigenvalue weighted by Crippen LogP contribution is 2.56. The van der Waals surface area contributed by atoms with Gasteiger partial charge in [-0.1, -0.05) is 43.7 Å². The molecule has 0 saturated carbocycles. The van der Waals surface area contributed by atoms with E-state index in [4.69, 9.17) is 13.9 Å². The molecular formula is C24H39NO7S3Si. The fourth-order valence-corrected chi connectivity index (χ4v) is 10.5. The summed E-state index contributed by atoms with van der Waals surface area (Å²) in [5.74, 6) is -0.512. The first-order chi connectivity index (χ1) is 16.4. The summed E-state index contributed by atoms with van der Waals surface area (Å²) in [6.07, 6.45) is 0.500. The van der Waals surface area contributed by atoms with Crippen molar-refractivity contribution in [2.75, 3.05) is 18.3 Å². The number of β-lactam (4-membered cyclic amide) rings is 1. The predicted molar refractivity (Wildman–Crippen MR) is 147 cm³/mol. The number of hydrogen-bond acceptors (Lipinski definition) is 9. The number of nitrogens with zero attached hydrogens (tertiary/aromatic N) is 1. The summed E-state index contributed by atoms with van der Waals surface area (Å²) in [5.41, 5.74) is -0.527. The van der Waals surface area contributed by atoms with Gasteiger partial charge in [0.05, 0.1) is 26.9 Å². The van der Waals surface area contributed by atoms with Gasteiger partial charge in [-0.3, -0.25) is 14.5 Å². The number of ether oxygens (including phenoxy) is 2. The van der Waals surface area contributed by atoms with Crippen molar-refractivity contribution in [3.8, 4) is 0 Å². The van der Waals surface area contributed by atoms with E-state index in [2.05, 4.69) is 33.9 Å². The first-order valence-corrected chi connectivity index (χ1v) is 18.4. The zero-order valence-electron chi connectivity index (χ0n) is 22.7. The zero-order chi connectivity index (χ0) is 27.2. The van der Waals surface area contributed by atoms with Crippen molar-refractivity contribution < 1.29 is 32.8 Å². The number of rotatable bonds is 8. The quantitative estimate of drug-likeness (QED) is 0.136. The monoisotopic (exact) mass is 577 g/mol. The Morgan fingerprint density at radius 1 is 1.22 bits per heavy atom. The molecule has 2 fully saturated rings. The summed E-state index contributed by atoms with van der Waals surface area (Å²) in [5, 5.41) is -0.137. The van der Waals surface area contributed by atoms with Gasteiger partial charge in [-0.2, -0.15) is 0 Å². The second-order valence-electron chi connectivity index (χ2n) is 12.0. The van der Waals surface area contributed by atoms with Gasteiger partial charge in [-0.25, -0.2) is 4.79 Å². The van der Waals surface area contributed by atoms with Crippen LogP contribution in [0.1, 0.15) is 54.9 Å². The van der Waals surface area contributed by atoms with E-state index in [-0.39, 0.29) is 39.3 Å². The Kier molecular flexibility index (Phi) is 9.00. The van der Waals surface area contributed by atoms with Crippen LogP contribution < -0.4 is 0 Å². The summed E-state index contributed by atoms with van der Waals surface area (Å²) >= 11 is 2.11. The first kappa shape index (κ1) is 29.9. The molecule has 36 heavy (non-hydrogen) atoms. The van der Waals surface area contributed by atoms with Gasteiger partial charge in [0.2, 0.25) is 12.7 Å². The molecule has 0 radical (unpaired) electrons. The van der Waals surface area contributed by atoms with Gasteiger partial charge >= 0.3 is 11.9 Å². The lowest BCUT2D eigenvalue weighted by molar-refractivity contribution is -0.174. The van der Waals surface area contributed by atoms with Gasteiger partial charge in [0.15, 0.2) is 14.0 Å². The lowest BCUT2D eigenvalue weighted by Gasteiger charge is -2.48. The summed E-state index contributed by atoms with van der Waals surface area (Å²) in [4.78, 5) is 40.0. The summed E-state index contributed by atoms with van der Waals surface area (Å²) in [7, 11) is -2.10. The molecule has 0 spiro atoms. The van der Waals surface area contributed by atoms with Gasteiger partial charge in [-0.05, 0) is 45.8 Å². The summed E-state index contributed by atoms with van der Waals surface area (Å²) in [6, 6.07) is 0. The third-order valence-electron chi connectivity index (χ3n) is 7.04. The molecule has 3 rings (SSSR count). The molecule has 3 aliphatic heterocycles. The normalized spacial score (nSPS) is 27.6. The molecular weight excluding hydrogens is 539 g/mol. The standard InChI is InChI=1S/C24H39NO7S3Si/c1-14(32-36(8,9)24(5,6)7)16-18(26)25-17(20(27)30-13-31-22(28)23(2,3)4)21(34-19(16)25)33-15-10-11-35(29)12-15/h14-16,19H,10-13H2,1-9H3/t14-,15+,16+,19-,35-/m1/s1. The molecule has 5 atom stereocenters. The van der Waals surface area contributed by atoms with E-state index >= 15 is 0 Å². The van der Waals surface area contributed by atoms with Crippen molar-refractivity contribution in [2.24, 2.45) is 11.3 Å². The van der Waals surface area contributed by atoms with E-state index in [1.54, 1.807) is 20.8 Å². The van der Waals surface area contributed by atoms with Crippen molar-refractivity contribution in [3.63, 3.8) is 0 Å². The highest BCUT2D eigenvalue weighted by Gasteiger charge is 2.59. The molecule has 1 amide bonds. The van der Waals surface area contributed by atoms with Crippen LogP contribution in [0.5, 0.6) is 0 Å². The minimum Gasteiger partial charge on any atom is -0.616 e. The molecule has 0 aromatic heterocycles. The van der Waals surface area contributed by atoms with E-state index in [1.165, 1.54) is 28.4 Å². The number of carbonyl (C=O) groups excluding carboxylic acids is 3. The molecule has 0 N–H and O–H groups in total. The average Bonchev–Trinajstić information content (AvgIpc) is 3.27. The van der Waals surface area contributed by atoms with Crippen LogP contribution in [0.25, 0.3) is 0 Å². The zero-order valence-corrected chi connectivity index (χ0v) is 26.1. The van der Waals surface area contributed by atoms with E-state index in [9.17, 15) is 18.9 Å². The van der Waals surface area contributed by atoms with Crippen molar-refractivity contribution in [3.05, 3.63) is 9.93 Å². The lowest BCUT2D eigenvalue weighted by atomic mass is 9.92. The molecule has 8 nitrogen and oxygen atoms in total. The van der Waals surface area contributed by atoms with Gasteiger partial charge in [-0.15, -0.1) is 11.8 Å². The maximum absolute atomic E-state index is 13.3. The Balaban J connectivity index is 1.75. The first-order valence-electron chi connectivity index (χ1n) is 12.2. The van der Waals surface area contributed by atoms with Crippen molar-refractivity contribution in [1.29, 1.82) is 0 Å².